The van der Waals surface area contributed by atoms with E-state index in [-0.39, 0.29) is 86.8 Å². The van der Waals surface area contributed by atoms with Crippen LogP contribution in [0.1, 0.15) is 91.5 Å². The lowest BCUT2D eigenvalue weighted by molar-refractivity contribution is -0.138. The first-order valence-corrected chi connectivity index (χ1v) is 25.8. The number of sulfonamides is 1. The minimum atomic E-state index is -3.81. The lowest BCUT2D eigenvalue weighted by Gasteiger charge is -2.34. The van der Waals surface area contributed by atoms with Crippen molar-refractivity contribution in [2.45, 2.75) is 81.7 Å². The first-order chi connectivity index (χ1) is 34.0. The molecule has 1 unspecified atom stereocenters. The number of ether oxygens (including phenoxy) is 4. The largest absolute Gasteiger partial charge is 0.382 e. The summed E-state index contributed by atoms with van der Waals surface area (Å²) in [5.74, 6) is -1.89. The highest BCUT2D eigenvalue weighted by molar-refractivity contribution is 7.89. The summed E-state index contributed by atoms with van der Waals surface area (Å²) < 4.78 is 53.2. The summed E-state index contributed by atoms with van der Waals surface area (Å²) in [4.78, 5) is 75.3. The van der Waals surface area contributed by atoms with Crippen LogP contribution in [-0.2, 0) is 43.4 Å². The second kappa shape index (κ2) is 23.8. The molecule has 5 amide bonds. The number of nitrogens with one attached hydrogen (secondary N) is 3. The fourth-order valence-electron chi connectivity index (χ4n) is 9.12. The van der Waals surface area contributed by atoms with Crippen LogP contribution in [0.15, 0.2) is 53.6 Å². The third kappa shape index (κ3) is 11.8. The zero-order valence-electron chi connectivity index (χ0n) is 39.6. The van der Waals surface area contributed by atoms with Gasteiger partial charge in [-0.3, -0.25) is 34.2 Å². The number of aromatic nitrogens is 4. The van der Waals surface area contributed by atoms with E-state index in [1.807, 2.05) is 10.9 Å². The van der Waals surface area contributed by atoms with Crippen LogP contribution < -0.4 is 16.0 Å². The number of nitrogens with zero attached hydrogens (tertiary/aromatic N) is 7. The number of rotatable bonds is 24. The predicted molar refractivity (Wildman–Crippen MR) is 256 cm³/mol. The fraction of sp³-hybridized carbons (Fsp3) is 0.542. The molecule has 1 saturated carbocycles. The van der Waals surface area contributed by atoms with Crippen molar-refractivity contribution in [2.24, 2.45) is 0 Å². The van der Waals surface area contributed by atoms with E-state index in [2.05, 4.69) is 27.9 Å². The summed E-state index contributed by atoms with van der Waals surface area (Å²) in [6, 6.07) is 10.9. The van der Waals surface area contributed by atoms with Gasteiger partial charge in [-0.1, -0.05) is 50.8 Å². The van der Waals surface area contributed by atoms with Crippen LogP contribution >= 0.6 is 0 Å². The van der Waals surface area contributed by atoms with Crippen molar-refractivity contribution in [3.8, 4) is 11.3 Å². The molecule has 3 fully saturated rings. The molecule has 21 nitrogen and oxygen atoms in total. The Morgan fingerprint density at radius 3 is 2.20 bits per heavy atom. The smallest absolute Gasteiger partial charge is 0.264 e. The van der Waals surface area contributed by atoms with Crippen LogP contribution in [-0.4, -0.2) is 170 Å². The zero-order valence-corrected chi connectivity index (χ0v) is 40.4. The molecule has 8 rings (SSSR count). The van der Waals surface area contributed by atoms with Crippen molar-refractivity contribution < 1.29 is 51.3 Å². The number of piperazine rings is 1. The fourth-order valence-corrected chi connectivity index (χ4v) is 10.5. The maximum absolute atomic E-state index is 13.7. The number of hydrogen-bond acceptors (Lipinski definition) is 16. The Bertz CT molecular complexity index is 2610. The Kier molecular flexibility index (Phi) is 17.2. The molecular formula is C48H62N10O11S. The van der Waals surface area contributed by atoms with Gasteiger partial charge in [0.1, 0.15) is 18.3 Å². The van der Waals surface area contributed by atoms with Crippen LogP contribution in [0, 0.1) is 0 Å². The molecule has 376 valence electrons. The first kappa shape index (κ1) is 50.5. The van der Waals surface area contributed by atoms with Gasteiger partial charge in [-0.05, 0) is 49.9 Å². The minimum absolute atomic E-state index is 0.0468. The quantitative estimate of drug-likeness (QED) is 0.0670. The van der Waals surface area contributed by atoms with Gasteiger partial charge in [-0.2, -0.15) is 14.4 Å². The summed E-state index contributed by atoms with van der Waals surface area (Å²) in [6.45, 7) is 5.99. The number of fused-ring (bicyclic) bond motifs is 2. The van der Waals surface area contributed by atoms with Crippen molar-refractivity contribution in [2.75, 3.05) is 103 Å². The lowest BCUT2D eigenvalue weighted by Crippen LogP contribution is -2.54. The Labute approximate surface area is 407 Å². The number of unbranched alkanes of at least 4 members (excludes halogenated alkanes) is 1. The van der Waals surface area contributed by atoms with Gasteiger partial charge in [0.25, 0.3) is 11.8 Å². The first-order valence-electron chi connectivity index (χ1n) is 24.3. The monoisotopic (exact) mass is 986 g/mol. The third-order valence-corrected chi connectivity index (χ3v) is 14.8. The molecule has 4 aromatic rings. The van der Waals surface area contributed by atoms with E-state index in [0.29, 0.717) is 51.2 Å². The Morgan fingerprint density at radius 2 is 1.50 bits per heavy atom. The van der Waals surface area contributed by atoms with Crippen molar-refractivity contribution >= 4 is 62.2 Å². The van der Waals surface area contributed by atoms with E-state index in [4.69, 9.17) is 29.0 Å². The molecule has 22 heteroatoms. The van der Waals surface area contributed by atoms with Crippen molar-refractivity contribution in [1.82, 2.24) is 39.2 Å². The number of carbonyl (C=O) groups is 5. The molecule has 0 spiro atoms. The van der Waals surface area contributed by atoms with E-state index in [0.717, 1.165) is 72.3 Å². The van der Waals surface area contributed by atoms with Gasteiger partial charge in [0.15, 0.2) is 5.65 Å². The number of benzene rings is 2. The van der Waals surface area contributed by atoms with Gasteiger partial charge < -0.3 is 34.5 Å². The predicted octanol–water partition coefficient (Wildman–Crippen LogP) is 3.62. The molecule has 3 aliphatic heterocycles. The third-order valence-electron chi connectivity index (χ3n) is 12.9. The van der Waals surface area contributed by atoms with Gasteiger partial charge >= 0.3 is 0 Å². The standard InChI is InChI=1S/C48H62N10O11S/c1-2-3-18-50-48-51-31-37-43(54-58(44(37)53-48)34-8-5-4-6-9-34)33-12-14-35(15-13-33)70(64,65)56-22-20-55(21-23-56)41(60)32-69-30-29-68-28-27-67-26-25-66-24-19-49-38-11-7-10-36-42(38)47(63)57(46(36)62)39-16-17-40(59)52-45(39)61/h7,10-15,31,34,39,49H,2-6,8-9,16-30,32H2,1H3,(H,50,51,53)(H,52,59,61). The maximum Gasteiger partial charge on any atom is 0.264 e. The van der Waals surface area contributed by atoms with Crippen LogP contribution in [0.25, 0.3) is 22.3 Å². The average molecular weight is 987 g/mol. The lowest BCUT2D eigenvalue weighted by atomic mass is 9.96. The van der Waals surface area contributed by atoms with E-state index < -0.39 is 39.7 Å². The Balaban J connectivity index is 0.685. The summed E-state index contributed by atoms with van der Waals surface area (Å²) in [7, 11) is -3.81. The van der Waals surface area contributed by atoms with Crippen LogP contribution in [0.4, 0.5) is 11.6 Å². The molecule has 4 aliphatic rings. The summed E-state index contributed by atoms with van der Waals surface area (Å²) in [5, 5.41) is 14.5. The number of piperidine rings is 1. The molecule has 1 atom stereocenters. The van der Waals surface area contributed by atoms with E-state index >= 15 is 0 Å². The molecule has 70 heavy (non-hydrogen) atoms. The van der Waals surface area contributed by atoms with Crippen molar-refractivity contribution in [3.63, 3.8) is 0 Å². The highest BCUT2D eigenvalue weighted by Crippen LogP contribution is 2.36. The molecule has 5 heterocycles. The van der Waals surface area contributed by atoms with Crippen LogP contribution in [0.3, 0.4) is 0 Å². The minimum Gasteiger partial charge on any atom is -0.382 e. The molecule has 2 aromatic carbocycles. The topological polar surface area (TPSA) is 246 Å². The van der Waals surface area contributed by atoms with Crippen molar-refractivity contribution in [1.29, 1.82) is 0 Å². The second-order valence-electron chi connectivity index (χ2n) is 17.6. The van der Waals surface area contributed by atoms with Crippen molar-refractivity contribution in [3.05, 3.63) is 59.8 Å². The summed E-state index contributed by atoms with van der Waals surface area (Å²) in [5.41, 5.74) is 3.12. The molecule has 2 aromatic heterocycles. The summed E-state index contributed by atoms with van der Waals surface area (Å²) >= 11 is 0. The normalized spacial score (nSPS) is 18.2. The number of imide groups is 2. The zero-order chi connectivity index (χ0) is 49.0. The van der Waals surface area contributed by atoms with Crippen LogP contribution in [0.5, 0.6) is 0 Å². The Hall–Kier alpha value is -5.91. The average Bonchev–Trinajstić information content (AvgIpc) is 3.88. The molecule has 2 saturated heterocycles. The molecule has 3 N–H and O–H groups in total. The van der Waals surface area contributed by atoms with Gasteiger partial charge in [-0.15, -0.1) is 0 Å². The van der Waals surface area contributed by atoms with E-state index in [9.17, 15) is 32.4 Å². The number of amides is 5. The molecule has 0 bridgehead atoms. The second-order valence-corrected chi connectivity index (χ2v) is 19.5. The highest BCUT2D eigenvalue weighted by atomic mass is 32.2. The van der Waals surface area contributed by atoms with Gasteiger partial charge in [-0.25, -0.2) is 18.1 Å². The van der Waals surface area contributed by atoms with Gasteiger partial charge in [0, 0.05) is 63.1 Å². The van der Waals surface area contributed by atoms with Gasteiger partial charge in [0.2, 0.25) is 33.7 Å². The number of anilines is 2. The van der Waals surface area contributed by atoms with E-state index in [1.54, 1.807) is 41.3 Å². The molecule has 1 aliphatic carbocycles. The summed E-state index contributed by atoms with van der Waals surface area (Å²) in [6.07, 6.45) is 9.61. The number of hydrogen-bond donors (Lipinski definition) is 3. The SMILES string of the molecule is CCCCNc1ncc2c(-c3ccc(S(=O)(=O)N4CCN(C(=O)COCCOCCOCCOCCNc5cccc6c5C(=O)N(C5CCC(=O)NC5=O)C6=O)CC4)cc3)nn(C3CCCCC3)c2n1. The molecular weight excluding hydrogens is 925 g/mol. The highest BCUT2D eigenvalue weighted by Gasteiger charge is 2.45. The van der Waals surface area contributed by atoms with Crippen LogP contribution in [0.2, 0.25) is 0 Å². The Morgan fingerprint density at radius 1 is 0.800 bits per heavy atom. The van der Waals surface area contributed by atoms with Gasteiger partial charge in [0.05, 0.1) is 73.7 Å². The number of carbonyl (C=O) groups excluding carboxylic acids is 5. The van der Waals surface area contributed by atoms with E-state index in [1.165, 1.54) is 16.8 Å². The maximum atomic E-state index is 13.7. The molecule has 0 radical (unpaired) electrons.